The maximum atomic E-state index is 13.5. The Bertz CT molecular complexity index is 601. The number of aromatic nitrogens is 1. The maximum absolute atomic E-state index is 13.5. The lowest BCUT2D eigenvalue weighted by Gasteiger charge is -2.31. The van der Waals surface area contributed by atoms with Crippen molar-refractivity contribution in [2.24, 2.45) is 11.7 Å². The van der Waals surface area contributed by atoms with Crippen molar-refractivity contribution < 1.29 is 4.39 Å². The van der Waals surface area contributed by atoms with E-state index in [1.165, 1.54) is 24.5 Å². The van der Waals surface area contributed by atoms with Crippen LogP contribution in [0.3, 0.4) is 0 Å². The molecule has 3 heteroatoms. The Kier molecular flexibility index (Phi) is 3.70. The molecule has 3 rings (SSSR count). The number of hydrogen-bond acceptors (Lipinski definition) is 2. The second-order valence-corrected chi connectivity index (χ2v) is 6.03. The molecule has 0 radical (unpaired) electrons. The lowest BCUT2D eigenvalue weighted by Crippen LogP contribution is -2.29. The van der Waals surface area contributed by atoms with E-state index in [1.807, 2.05) is 6.20 Å². The quantitative estimate of drug-likeness (QED) is 0.897. The molecule has 0 bridgehead atoms. The molecule has 20 heavy (non-hydrogen) atoms. The molecule has 2 N–H and O–H groups in total. The number of nitrogens with zero attached hydrogens (tertiary/aromatic N) is 1. The summed E-state index contributed by atoms with van der Waals surface area (Å²) in [5.74, 6) is 0.962. The van der Waals surface area contributed by atoms with Crippen molar-refractivity contribution in [1.29, 1.82) is 0 Å². The molecule has 1 saturated carbocycles. The van der Waals surface area contributed by atoms with Gasteiger partial charge >= 0.3 is 0 Å². The van der Waals surface area contributed by atoms with Crippen LogP contribution in [0, 0.1) is 11.7 Å². The number of pyridine rings is 1. The van der Waals surface area contributed by atoms with E-state index in [1.54, 1.807) is 12.1 Å². The van der Waals surface area contributed by atoms with Crippen LogP contribution in [-0.4, -0.2) is 11.0 Å². The molecule has 1 aliphatic rings. The summed E-state index contributed by atoms with van der Waals surface area (Å²) in [5, 5.41) is 0.969. The van der Waals surface area contributed by atoms with Crippen molar-refractivity contribution in [3.8, 4) is 0 Å². The Morgan fingerprint density at radius 1 is 1.20 bits per heavy atom. The summed E-state index contributed by atoms with van der Waals surface area (Å²) in [6.45, 7) is 2.10. The molecule has 0 spiro atoms. The van der Waals surface area contributed by atoms with Gasteiger partial charge in [-0.3, -0.25) is 4.98 Å². The Morgan fingerprint density at radius 3 is 2.65 bits per heavy atom. The molecule has 0 saturated heterocycles. The van der Waals surface area contributed by atoms with Crippen LogP contribution in [0.25, 0.3) is 10.9 Å². The molecule has 0 amide bonds. The van der Waals surface area contributed by atoms with Gasteiger partial charge in [-0.25, -0.2) is 4.39 Å². The monoisotopic (exact) mass is 272 g/mol. The normalized spacial score (nSPS) is 24.8. The Hall–Kier alpha value is -1.48. The number of hydrogen-bond donors (Lipinski definition) is 1. The second-order valence-electron chi connectivity index (χ2n) is 6.03. The zero-order chi connectivity index (χ0) is 14.1. The first kappa shape index (κ1) is 13.5. The summed E-state index contributed by atoms with van der Waals surface area (Å²) < 4.78 is 13.5. The highest BCUT2D eigenvalue weighted by Gasteiger charge is 2.25. The molecule has 106 valence electrons. The minimum atomic E-state index is -0.184. The van der Waals surface area contributed by atoms with Gasteiger partial charge in [-0.15, -0.1) is 0 Å². The van der Waals surface area contributed by atoms with Crippen LogP contribution in [0.5, 0.6) is 0 Å². The second kappa shape index (κ2) is 5.49. The molecule has 2 aromatic rings. The van der Waals surface area contributed by atoms with Gasteiger partial charge in [-0.1, -0.05) is 0 Å². The van der Waals surface area contributed by atoms with Crippen molar-refractivity contribution in [2.45, 2.75) is 44.6 Å². The standard InChI is InChI=1S/C17H21FN2/c1-11(19)12-2-4-13(5-3-12)15-8-9-20-17-7-6-14(18)10-16(15)17/h6-13H,2-5,19H2,1H3/t11-,12-,13+/m1/s1. The lowest BCUT2D eigenvalue weighted by atomic mass is 9.76. The fourth-order valence-electron chi connectivity index (χ4n) is 3.45. The maximum Gasteiger partial charge on any atom is 0.123 e. The summed E-state index contributed by atoms with van der Waals surface area (Å²) in [5.41, 5.74) is 8.14. The third-order valence-electron chi connectivity index (χ3n) is 4.69. The van der Waals surface area contributed by atoms with Crippen molar-refractivity contribution in [2.75, 3.05) is 0 Å². The van der Waals surface area contributed by atoms with Crippen LogP contribution in [0.15, 0.2) is 30.5 Å². The number of benzene rings is 1. The van der Waals surface area contributed by atoms with E-state index in [0.717, 1.165) is 23.7 Å². The van der Waals surface area contributed by atoms with E-state index in [9.17, 15) is 4.39 Å². The van der Waals surface area contributed by atoms with Gasteiger partial charge in [0.25, 0.3) is 0 Å². The molecule has 2 nitrogen and oxygen atoms in total. The highest BCUT2D eigenvalue weighted by Crippen LogP contribution is 2.39. The van der Waals surface area contributed by atoms with Crippen LogP contribution >= 0.6 is 0 Å². The molecule has 1 aromatic heterocycles. The Labute approximate surface area is 119 Å². The largest absolute Gasteiger partial charge is 0.328 e. The molecule has 1 heterocycles. The molecule has 0 aliphatic heterocycles. The smallest absolute Gasteiger partial charge is 0.123 e. The first-order valence-electron chi connectivity index (χ1n) is 7.45. The molecule has 0 unspecified atom stereocenters. The average Bonchev–Trinajstić information content (AvgIpc) is 2.46. The molecular weight excluding hydrogens is 251 g/mol. The highest BCUT2D eigenvalue weighted by atomic mass is 19.1. The fourth-order valence-corrected chi connectivity index (χ4v) is 3.45. The van der Waals surface area contributed by atoms with Crippen molar-refractivity contribution in [3.05, 3.63) is 41.8 Å². The zero-order valence-electron chi connectivity index (χ0n) is 11.8. The first-order valence-corrected chi connectivity index (χ1v) is 7.45. The highest BCUT2D eigenvalue weighted by molar-refractivity contribution is 5.82. The zero-order valence-corrected chi connectivity index (χ0v) is 11.8. The predicted octanol–water partition coefficient (Wildman–Crippen LogP) is 3.99. The van der Waals surface area contributed by atoms with Crippen molar-refractivity contribution in [3.63, 3.8) is 0 Å². The van der Waals surface area contributed by atoms with Crippen LogP contribution in [0.1, 0.15) is 44.1 Å². The van der Waals surface area contributed by atoms with Crippen LogP contribution in [0.4, 0.5) is 4.39 Å². The van der Waals surface area contributed by atoms with Gasteiger partial charge in [0, 0.05) is 17.6 Å². The first-order chi connectivity index (χ1) is 9.65. The van der Waals surface area contributed by atoms with Gasteiger partial charge in [0.05, 0.1) is 5.52 Å². The number of nitrogens with two attached hydrogens (primary N) is 1. The van der Waals surface area contributed by atoms with Gasteiger partial charge in [-0.2, -0.15) is 0 Å². The minimum absolute atomic E-state index is 0.184. The van der Waals surface area contributed by atoms with Gasteiger partial charge in [0.1, 0.15) is 5.82 Å². The number of halogens is 1. The Morgan fingerprint density at radius 2 is 1.95 bits per heavy atom. The molecule has 1 aromatic carbocycles. The lowest BCUT2D eigenvalue weighted by molar-refractivity contribution is 0.292. The van der Waals surface area contributed by atoms with E-state index in [4.69, 9.17) is 5.73 Å². The summed E-state index contributed by atoms with van der Waals surface area (Å²) in [6.07, 6.45) is 6.46. The minimum Gasteiger partial charge on any atom is -0.328 e. The third-order valence-corrected chi connectivity index (χ3v) is 4.69. The number of rotatable bonds is 2. The third kappa shape index (κ3) is 2.55. The van der Waals surface area contributed by atoms with E-state index in [2.05, 4.69) is 18.0 Å². The summed E-state index contributed by atoms with van der Waals surface area (Å²) in [6, 6.07) is 7.20. The van der Waals surface area contributed by atoms with Crippen LogP contribution < -0.4 is 5.73 Å². The van der Waals surface area contributed by atoms with Crippen molar-refractivity contribution in [1.82, 2.24) is 4.98 Å². The van der Waals surface area contributed by atoms with E-state index < -0.39 is 0 Å². The van der Waals surface area contributed by atoms with E-state index in [-0.39, 0.29) is 11.9 Å². The average molecular weight is 272 g/mol. The van der Waals surface area contributed by atoms with Gasteiger partial charge in [0.2, 0.25) is 0 Å². The Balaban J connectivity index is 1.90. The van der Waals surface area contributed by atoms with Crippen LogP contribution in [-0.2, 0) is 0 Å². The SMILES string of the molecule is C[C@@H](N)[C@H]1CC[C@@H](c2ccnc3ccc(F)cc32)CC1. The van der Waals surface area contributed by atoms with E-state index in [0.29, 0.717) is 11.8 Å². The number of fused-ring (bicyclic) bond motifs is 1. The van der Waals surface area contributed by atoms with Crippen LogP contribution in [0.2, 0.25) is 0 Å². The molecule has 1 aliphatic carbocycles. The van der Waals surface area contributed by atoms with Gasteiger partial charge in [0.15, 0.2) is 0 Å². The summed E-state index contributed by atoms with van der Waals surface area (Å²) in [4.78, 5) is 4.33. The van der Waals surface area contributed by atoms with Gasteiger partial charge in [-0.05, 0) is 74.3 Å². The molecular formula is C17H21FN2. The summed E-state index contributed by atoms with van der Waals surface area (Å²) in [7, 11) is 0. The predicted molar refractivity (Wildman–Crippen MR) is 80.0 cm³/mol. The van der Waals surface area contributed by atoms with E-state index >= 15 is 0 Å². The molecule has 1 fully saturated rings. The van der Waals surface area contributed by atoms with Crippen molar-refractivity contribution >= 4 is 10.9 Å². The van der Waals surface area contributed by atoms with Gasteiger partial charge < -0.3 is 5.73 Å². The topological polar surface area (TPSA) is 38.9 Å². The fraction of sp³-hybridized carbons (Fsp3) is 0.471. The summed E-state index contributed by atoms with van der Waals surface area (Å²) >= 11 is 0. The molecule has 1 atom stereocenters.